The smallest absolute Gasteiger partial charge is 0.226 e. The highest BCUT2D eigenvalue weighted by Crippen LogP contribution is 2.38. The van der Waals surface area contributed by atoms with E-state index in [2.05, 4.69) is 15.6 Å². The second-order valence-electron chi connectivity index (χ2n) is 5.44. The summed E-state index contributed by atoms with van der Waals surface area (Å²) < 4.78 is 5.16. The number of fused-ring (bicyclic) bond motifs is 1. The summed E-state index contributed by atoms with van der Waals surface area (Å²) in [5.74, 6) is 1.36. The molecule has 1 aliphatic carbocycles. The quantitative estimate of drug-likeness (QED) is 0.815. The first-order valence-electron chi connectivity index (χ1n) is 6.84. The van der Waals surface area contributed by atoms with E-state index in [9.17, 15) is 4.79 Å². The number of carbonyl (C=O) groups is 1. The molecule has 1 spiro atoms. The van der Waals surface area contributed by atoms with Crippen LogP contribution in [0.2, 0.25) is 0 Å². The molecule has 0 bridgehead atoms. The molecule has 0 radical (unpaired) electrons. The average molecular weight is 261 g/mol. The lowest BCUT2D eigenvalue weighted by Crippen LogP contribution is -2.42. The zero-order valence-corrected chi connectivity index (χ0v) is 11.2. The van der Waals surface area contributed by atoms with Crippen LogP contribution >= 0.6 is 0 Å². The summed E-state index contributed by atoms with van der Waals surface area (Å²) >= 11 is 0. The highest BCUT2D eigenvalue weighted by molar-refractivity contribution is 5.96. The van der Waals surface area contributed by atoms with Gasteiger partial charge in [0, 0.05) is 18.0 Å². The van der Waals surface area contributed by atoms with Crippen molar-refractivity contribution >= 4 is 17.4 Å². The number of rotatable bonds is 1. The third kappa shape index (κ3) is 2.37. The number of anilines is 2. The molecular weight excluding hydrogens is 242 g/mol. The fourth-order valence-corrected chi connectivity index (χ4v) is 3.08. The van der Waals surface area contributed by atoms with Crippen LogP contribution in [0.1, 0.15) is 38.5 Å². The maximum atomic E-state index is 12.1. The Labute approximate surface area is 112 Å². The third-order valence-corrected chi connectivity index (χ3v) is 4.05. The molecule has 19 heavy (non-hydrogen) atoms. The van der Waals surface area contributed by atoms with Crippen molar-refractivity contribution < 1.29 is 9.53 Å². The van der Waals surface area contributed by atoms with Gasteiger partial charge in [0.05, 0.1) is 12.8 Å². The molecule has 0 unspecified atom stereocenters. The maximum absolute atomic E-state index is 12.1. The lowest BCUT2D eigenvalue weighted by molar-refractivity contribution is -0.117. The molecule has 0 atom stereocenters. The molecule has 1 aromatic rings. The minimum Gasteiger partial charge on any atom is -0.481 e. The molecule has 2 aliphatic rings. The molecule has 0 saturated heterocycles. The van der Waals surface area contributed by atoms with E-state index in [0.29, 0.717) is 12.3 Å². The van der Waals surface area contributed by atoms with Crippen molar-refractivity contribution in [3.8, 4) is 5.88 Å². The molecule has 2 heterocycles. The number of nitrogens with zero attached hydrogens (tertiary/aromatic N) is 1. The van der Waals surface area contributed by atoms with Gasteiger partial charge in [0.2, 0.25) is 11.8 Å². The highest BCUT2D eigenvalue weighted by Gasteiger charge is 2.37. The topological polar surface area (TPSA) is 63.2 Å². The van der Waals surface area contributed by atoms with E-state index in [1.54, 1.807) is 13.2 Å². The Bertz CT molecular complexity index is 495. The zero-order valence-electron chi connectivity index (χ0n) is 11.2. The SMILES string of the molecule is COc1ccc2c(n1)NC1(CCCCC1)CC(=O)N2. The molecule has 1 amide bonds. The van der Waals surface area contributed by atoms with Crippen LogP contribution in [0, 0.1) is 0 Å². The fraction of sp³-hybridized carbons (Fsp3) is 0.571. The van der Waals surface area contributed by atoms with Gasteiger partial charge in [-0.3, -0.25) is 4.79 Å². The van der Waals surface area contributed by atoms with Gasteiger partial charge in [-0.15, -0.1) is 0 Å². The van der Waals surface area contributed by atoms with E-state index < -0.39 is 0 Å². The van der Waals surface area contributed by atoms with E-state index in [1.165, 1.54) is 19.3 Å². The number of hydrogen-bond acceptors (Lipinski definition) is 4. The van der Waals surface area contributed by atoms with Gasteiger partial charge >= 0.3 is 0 Å². The summed E-state index contributed by atoms with van der Waals surface area (Å²) in [4.78, 5) is 16.5. The van der Waals surface area contributed by atoms with Crippen molar-refractivity contribution in [1.82, 2.24) is 4.98 Å². The van der Waals surface area contributed by atoms with E-state index >= 15 is 0 Å². The largest absolute Gasteiger partial charge is 0.481 e. The predicted octanol–water partition coefficient (Wildman–Crippen LogP) is 2.55. The first-order valence-corrected chi connectivity index (χ1v) is 6.84. The average Bonchev–Trinajstić information content (AvgIpc) is 2.53. The molecule has 1 saturated carbocycles. The lowest BCUT2D eigenvalue weighted by Gasteiger charge is -2.36. The molecule has 3 rings (SSSR count). The monoisotopic (exact) mass is 261 g/mol. The second-order valence-corrected chi connectivity index (χ2v) is 5.44. The van der Waals surface area contributed by atoms with Gasteiger partial charge in [0.1, 0.15) is 0 Å². The molecule has 1 fully saturated rings. The van der Waals surface area contributed by atoms with Crippen LogP contribution < -0.4 is 15.4 Å². The van der Waals surface area contributed by atoms with Crippen molar-refractivity contribution in [2.45, 2.75) is 44.1 Å². The summed E-state index contributed by atoms with van der Waals surface area (Å²) in [5, 5.41) is 6.43. The van der Waals surface area contributed by atoms with Gasteiger partial charge in [-0.25, -0.2) is 0 Å². The number of aromatic nitrogens is 1. The van der Waals surface area contributed by atoms with Crippen LogP contribution in [-0.2, 0) is 4.79 Å². The van der Waals surface area contributed by atoms with Crippen LogP contribution in [0.3, 0.4) is 0 Å². The fourth-order valence-electron chi connectivity index (χ4n) is 3.08. The number of methoxy groups -OCH3 is 1. The van der Waals surface area contributed by atoms with Crippen LogP contribution in [0.4, 0.5) is 11.5 Å². The van der Waals surface area contributed by atoms with Crippen molar-refractivity contribution in [2.75, 3.05) is 17.7 Å². The molecule has 102 valence electrons. The summed E-state index contributed by atoms with van der Waals surface area (Å²) in [5.41, 5.74) is 0.612. The third-order valence-electron chi connectivity index (χ3n) is 4.05. The van der Waals surface area contributed by atoms with Crippen LogP contribution in [0.5, 0.6) is 5.88 Å². The Hall–Kier alpha value is -1.78. The molecule has 5 heteroatoms. The molecule has 1 aromatic heterocycles. The van der Waals surface area contributed by atoms with Crippen LogP contribution in [-0.4, -0.2) is 23.5 Å². The van der Waals surface area contributed by atoms with E-state index in [1.807, 2.05) is 6.07 Å². The summed E-state index contributed by atoms with van der Waals surface area (Å²) in [6, 6.07) is 3.60. The number of carbonyl (C=O) groups excluding carboxylic acids is 1. The van der Waals surface area contributed by atoms with Gasteiger partial charge < -0.3 is 15.4 Å². The van der Waals surface area contributed by atoms with E-state index in [-0.39, 0.29) is 11.4 Å². The number of pyridine rings is 1. The van der Waals surface area contributed by atoms with Gasteiger partial charge in [0.15, 0.2) is 5.82 Å². The Morgan fingerprint density at radius 2 is 2.05 bits per heavy atom. The molecular formula is C14H19N3O2. The number of hydrogen-bond donors (Lipinski definition) is 2. The van der Waals surface area contributed by atoms with Gasteiger partial charge in [0.25, 0.3) is 0 Å². The van der Waals surface area contributed by atoms with E-state index in [4.69, 9.17) is 4.74 Å². The molecule has 1 aliphatic heterocycles. The van der Waals surface area contributed by atoms with Crippen LogP contribution in [0.15, 0.2) is 12.1 Å². The maximum Gasteiger partial charge on any atom is 0.226 e. The Balaban J connectivity index is 1.97. The first kappa shape index (κ1) is 12.3. The van der Waals surface area contributed by atoms with E-state index in [0.717, 1.165) is 24.3 Å². The number of amides is 1. The molecule has 0 aromatic carbocycles. The standard InChI is InChI=1S/C14H19N3O2/c1-19-12-6-5-10-13(16-12)17-14(9-11(18)15-10)7-3-2-4-8-14/h5-6H,2-4,7-9H2,1H3,(H,15,18)(H,16,17). The summed E-state index contributed by atoms with van der Waals surface area (Å²) in [6.45, 7) is 0. The number of ether oxygens (including phenoxy) is 1. The van der Waals surface area contributed by atoms with Gasteiger partial charge in [-0.2, -0.15) is 4.98 Å². The Morgan fingerprint density at radius 3 is 2.79 bits per heavy atom. The Morgan fingerprint density at radius 1 is 1.26 bits per heavy atom. The molecule has 5 nitrogen and oxygen atoms in total. The zero-order chi connectivity index (χ0) is 13.3. The summed E-state index contributed by atoms with van der Waals surface area (Å²) in [7, 11) is 1.60. The van der Waals surface area contributed by atoms with Crippen molar-refractivity contribution in [3.63, 3.8) is 0 Å². The Kier molecular flexibility index (Phi) is 3.05. The highest BCUT2D eigenvalue weighted by atomic mass is 16.5. The predicted molar refractivity (Wildman–Crippen MR) is 73.5 cm³/mol. The molecule has 2 N–H and O–H groups in total. The van der Waals surface area contributed by atoms with Crippen molar-refractivity contribution in [1.29, 1.82) is 0 Å². The van der Waals surface area contributed by atoms with Gasteiger partial charge in [-0.05, 0) is 18.9 Å². The normalized spacial score (nSPS) is 21.0. The minimum atomic E-state index is -0.132. The van der Waals surface area contributed by atoms with Crippen LogP contribution in [0.25, 0.3) is 0 Å². The summed E-state index contributed by atoms with van der Waals surface area (Å²) in [6.07, 6.45) is 6.16. The minimum absolute atomic E-state index is 0.0696. The number of nitrogens with one attached hydrogen (secondary N) is 2. The lowest BCUT2D eigenvalue weighted by atomic mass is 9.79. The second kappa shape index (κ2) is 4.72. The first-order chi connectivity index (χ1) is 9.21. The van der Waals surface area contributed by atoms with Crippen molar-refractivity contribution in [2.24, 2.45) is 0 Å². The van der Waals surface area contributed by atoms with Gasteiger partial charge in [-0.1, -0.05) is 19.3 Å². The van der Waals surface area contributed by atoms with Crippen molar-refractivity contribution in [3.05, 3.63) is 12.1 Å².